The summed E-state index contributed by atoms with van der Waals surface area (Å²) in [5, 5.41) is 3.86. The van der Waals surface area contributed by atoms with Gasteiger partial charge in [-0.05, 0) is 30.1 Å². The first kappa shape index (κ1) is 19.5. The van der Waals surface area contributed by atoms with Crippen LogP contribution in [0.3, 0.4) is 0 Å². The minimum absolute atomic E-state index is 0.0196. The molecule has 0 saturated carbocycles. The Balaban J connectivity index is 1.79. The van der Waals surface area contributed by atoms with Gasteiger partial charge in [0, 0.05) is 33.1 Å². The number of halogens is 3. The van der Waals surface area contributed by atoms with Crippen LogP contribution in [0.5, 0.6) is 0 Å². The fourth-order valence-corrected chi connectivity index (χ4v) is 3.99. The quantitative estimate of drug-likeness (QED) is 0.775. The fraction of sp³-hybridized carbons (Fsp3) is 0.500. The van der Waals surface area contributed by atoms with Gasteiger partial charge in [0.2, 0.25) is 5.89 Å². The molecule has 27 heavy (non-hydrogen) atoms. The van der Waals surface area contributed by atoms with Crippen LogP contribution in [0.4, 0.5) is 24.8 Å². The summed E-state index contributed by atoms with van der Waals surface area (Å²) in [5.74, 6) is 0.914. The van der Waals surface area contributed by atoms with Crippen molar-refractivity contribution in [3.05, 3.63) is 30.2 Å². The second-order valence-electron chi connectivity index (χ2n) is 6.51. The molecule has 0 radical (unpaired) electrons. The highest BCUT2D eigenvalue weighted by molar-refractivity contribution is 7.92. The number of nitrogens with zero attached hydrogens (tertiary/aromatic N) is 4. The number of rotatable bonds is 4. The number of sulfone groups is 1. The molecule has 2 aromatic rings. The molecule has 1 fully saturated rings. The predicted octanol–water partition coefficient (Wildman–Crippen LogP) is 2.81. The molecule has 0 atom stereocenters. The average Bonchev–Trinajstić information content (AvgIpc) is 3.11. The van der Waals surface area contributed by atoms with Crippen LogP contribution >= 0.6 is 0 Å². The van der Waals surface area contributed by atoms with E-state index in [2.05, 4.69) is 10.1 Å². The van der Waals surface area contributed by atoms with Crippen LogP contribution in [0, 0.1) is 0 Å². The lowest BCUT2D eigenvalue weighted by molar-refractivity contribution is -0.0435. The van der Waals surface area contributed by atoms with E-state index in [-0.39, 0.29) is 11.6 Å². The van der Waals surface area contributed by atoms with Crippen molar-refractivity contribution in [3.63, 3.8) is 0 Å². The van der Waals surface area contributed by atoms with E-state index >= 15 is 0 Å². The summed E-state index contributed by atoms with van der Waals surface area (Å²) in [5.41, 5.74) is -5.28. The lowest BCUT2D eigenvalue weighted by Crippen LogP contribution is -2.35. The van der Waals surface area contributed by atoms with Crippen molar-refractivity contribution in [2.75, 3.05) is 37.0 Å². The van der Waals surface area contributed by atoms with E-state index < -0.39 is 20.2 Å². The summed E-state index contributed by atoms with van der Waals surface area (Å²) in [6.45, 7) is 0.767. The predicted molar refractivity (Wildman–Crippen MR) is 92.5 cm³/mol. The number of alkyl halides is 3. The van der Waals surface area contributed by atoms with Crippen LogP contribution in [0.25, 0.3) is 0 Å². The van der Waals surface area contributed by atoms with Crippen molar-refractivity contribution in [2.24, 2.45) is 0 Å². The normalized spacial score (nSPS) is 16.6. The van der Waals surface area contributed by atoms with Gasteiger partial charge in [-0.3, -0.25) is 0 Å². The molecule has 1 aromatic heterocycles. The first-order chi connectivity index (χ1) is 12.6. The second-order valence-corrected chi connectivity index (χ2v) is 8.41. The Morgan fingerprint density at radius 1 is 1.19 bits per heavy atom. The third kappa shape index (κ3) is 3.73. The maximum absolute atomic E-state index is 13.0. The van der Waals surface area contributed by atoms with Gasteiger partial charge in [-0.2, -0.15) is 18.2 Å². The summed E-state index contributed by atoms with van der Waals surface area (Å²) in [6, 6.07) is 5.20. The Morgan fingerprint density at radius 2 is 1.81 bits per heavy atom. The van der Waals surface area contributed by atoms with Crippen molar-refractivity contribution >= 4 is 21.5 Å². The van der Waals surface area contributed by atoms with Gasteiger partial charge >= 0.3 is 5.51 Å². The van der Waals surface area contributed by atoms with Crippen LogP contribution in [0.15, 0.2) is 33.7 Å². The lowest BCUT2D eigenvalue weighted by atomic mass is 9.96. The molecule has 0 N–H and O–H groups in total. The number of anilines is 2. The highest BCUT2D eigenvalue weighted by Gasteiger charge is 2.48. The molecular weight excluding hydrogens is 385 g/mol. The largest absolute Gasteiger partial charge is 0.501 e. The Labute approximate surface area is 154 Å². The zero-order chi connectivity index (χ0) is 19.8. The van der Waals surface area contributed by atoms with Crippen molar-refractivity contribution in [1.82, 2.24) is 10.1 Å². The maximum atomic E-state index is 13.0. The molecule has 1 aromatic carbocycles. The molecule has 11 heteroatoms. The molecule has 7 nitrogen and oxygen atoms in total. The van der Waals surface area contributed by atoms with Crippen molar-refractivity contribution in [2.45, 2.75) is 29.2 Å². The van der Waals surface area contributed by atoms with E-state index in [0.29, 0.717) is 37.8 Å². The third-order valence-corrected chi connectivity index (χ3v) is 6.01. The number of hydrogen-bond donors (Lipinski definition) is 0. The summed E-state index contributed by atoms with van der Waals surface area (Å²) < 4.78 is 68.0. The molecule has 148 valence electrons. The van der Waals surface area contributed by atoms with Crippen molar-refractivity contribution in [3.8, 4) is 0 Å². The number of piperidine rings is 1. The highest BCUT2D eigenvalue weighted by Crippen LogP contribution is 2.38. The van der Waals surface area contributed by atoms with Gasteiger partial charge in [0.1, 0.15) is 0 Å². The van der Waals surface area contributed by atoms with E-state index in [1.165, 1.54) is 18.2 Å². The zero-order valence-corrected chi connectivity index (χ0v) is 15.6. The van der Waals surface area contributed by atoms with E-state index in [1.54, 1.807) is 23.9 Å². The van der Waals surface area contributed by atoms with Crippen LogP contribution in [-0.2, 0) is 9.84 Å². The molecule has 1 aliphatic rings. The van der Waals surface area contributed by atoms with E-state index in [4.69, 9.17) is 4.52 Å². The van der Waals surface area contributed by atoms with Gasteiger partial charge in [-0.1, -0.05) is 12.1 Å². The monoisotopic (exact) mass is 404 g/mol. The number of hydrogen-bond acceptors (Lipinski definition) is 7. The molecule has 3 rings (SSSR count). The van der Waals surface area contributed by atoms with E-state index in [9.17, 15) is 21.6 Å². The van der Waals surface area contributed by atoms with Gasteiger partial charge in [0.15, 0.2) is 0 Å². The Morgan fingerprint density at radius 3 is 2.37 bits per heavy atom. The standard InChI is InChI=1S/C16H19F3N4O3S/c1-22(2)15-20-14(26-21-15)11-7-9-23(10-8-11)12-5-3-4-6-13(12)27(24,25)16(17,18)19/h3-6,11H,7-10H2,1-2H3. The highest BCUT2D eigenvalue weighted by atomic mass is 32.2. The topological polar surface area (TPSA) is 79.5 Å². The second kappa shape index (κ2) is 7.02. The smallest absolute Gasteiger partial charge is 0.370 e. The number of aromatic nitrogens is 2. The first-order valence-corrected chi connectivity index (χ1v) is 9.76. The summed E-state index contributed by atoms with van der Waals surface area (Å²) in [6.07, 6.45) is 1.13. The minimum Gasteiger partial charge on any atom is -0.370 e. The first-order valence-electron chi connectivity index (χ1n) is 8.27. The molecular formula is C16H19F3N4O3S. The molecule has 0 unspecified atom stereocenters. The van der Waals surface area contributed by atoms with Crippen LogP contribution < -0.4 is 9.80 Å². The van der Waals surface area contributed by atoms with Crippen LogP contribution in [0.1, 0.15) is 24.7 Å². The molecule has 0 aliphatic carbocycles. The van der Waals surface area contributed by atoms with Crippen molar-refractivity contribution in [1.29, 1.82) is 0 Å². The summed E-state index contributed by atoms with van der Waals surface area (Å²) in [7, 11) is -1.84. The van der Waals surface area contributed by atoms with Gasteiger partial charge in [-0.15, -0.1) is 0 Å². The lowest BCUT2D eigenvalue weighted by Gasteiger charge is -2.33. The minimum atomic E-state index is -5.42. The number of para-hydroxylation sites is 1. The molecule has 0 bridgehead atoms. The van der Waals surface area contributed by atoms with E-state index in [1.807, 2.05) is 0 Å². The maximum Gasteiger partial charge on any atom is 0.501 e. The van der Waals surface area contributed by atoms with Crippen LogP contribution in [0.2, 0.25) is 0 Å². The molecule has 0 amide bonds. The molecule has 0 spiro atoms. The SMILES string of the molecule is CN(C)c1noc(C2CCN(c3ccccc3S(=O)(=O)C(F)(F)F)CC2)n1. The van der Waals surface area contributed by atoms with E-state index in [0.717, 1.165) is 6.07 Å². The molecule has 1 saturated heterocycles. The fourth-order valence-electron chi connectivity index (χ4n) is 3.01. The molecule has 2 heterocycles. The van der Waals surface area contributed by atoms with Gasteiger partial charge in [0.05, 0.1) is 10.6 Å². The Kier molecular flexibility index (Phi) is 5.06. The average molecular weight is 404 g/mol. The van der Waals surface area contributed by atoms with Gasteiger partial charge in [0.25, 0.3) is 15.8 Å². The Bertz CT molecular complexity index is 904. The van der Waals surface area contributed by atoms with Gasteiger partial charge < -0.3 is 14.3 Å². The summed E-state index contributed by atoms with van der Waals surface area (Å²) >= 11 is 0. The van der Waals surface area contributed by atoms with Crippen LogP contribution in [-0.4, -0.2) is 51.3 Å². The number of benzene rings is 1. The Hall–Kier alpha value is -2.30. The van der Waals surface area contributed by atoms with Crippen molar-refractivity contribution < 1.29 is 26.1 Å². The van der Waals surface area contributed by atoms with Gasteiger partial charge in [-0.25, -0.2) is 8.42 Å². The zero-order valence-electron chi connectivity index (χ0n) is 14.8. The summed E-state index contributed by atoms with van der Waals surface area (Å²) in [4.78, 5) is 6.95. The third-order valence-electron chi connectivity index (χ3n) is 4.48. The molecule has 1 aliphatic heterocycles.